The maximum absolute atomic E-state index is 12.7. The van der Waals surface area contributed by atoms with Gasteiger partial charge in [0, 0.05) is 31.7 Å². The van der Waals surface area contributed by atoms with Gasteiger partial charge in [-0.15, -0.1) is 11.6 Å². The molecule has 0 radical (unpaired) electrons. The van der Waals surface area contributed by atoms with Crippen molar-refractivity contribution >= 4 is 34.2 Å². The highest BCUT2D eigenvalue weighted by Crippen LogP contribution is 2.18. The van der Waals surface area contributed by atoms with Crippen molar-refractivity contribution in [3.05, 3.63) is 48.0 Å². The number of carbonyl (C=O) groups is 2. The van der Waals surface area contributed by atoms with Crippen molar-refractivity contribution in [3.63, 3.8) is 0 Å². The quantitative estimate of drug-likeness (QED) is 0.794. The van der Waals surface area contributed by atoms with Crippen molar-refractivity contribution in [1.82, 2.24) is 9.80 Å². The molecule has 1 atom stereocenters. The fourth-order valence-corrected chi connectivity index (χ4v) is 3.02. The smallest absolute Gasteiger partial charge is 0.253 e. The second-order valence-electron chi connectivity index (χ2n) is 5.80. The van der Waals surface area contributed by atoms with Crippen molar-refractivity contribution in [1.29, 1.82) is 0 Å². The molecule has 0 aliphatic carbocycles. The van der Waals surface area contributed by atoms with Gasteiger partial charge in [0.15, 0.2) is 0 Å². The van der Waals surface area contributed by atoms with Crippen LogP contribution in [0, 0.1) is 0 Å². The van der Waals surface area contributed by atoms with Gasteiger partial charge in [-0.2, -0.15) is 0 Å². The van der Waals surface area contributed by atoms with E-state index in [2.05, 4.69) is 0 Å². The molecule has 0 N–H and O–H groups in total. The van der Waals surface area contributed by atoms with Crippen LogP contribution in [0.15, 0.2) is 42.5 Å². The fraction of sp³-hybridized carbons (Fsp3) is 0.333. The monoisotopic (exact) mass is 330 g/mol. The highest BCUT2D eigenvalue weighted by molar-refractivity contribution is 6.30. The number of halogens is 1. The molecule has 1 aliphatic rings. The van der Waals surface area contributed by atoms with E-state index >= 15 is 0 Å². The Morgan fingerprint density at radius 2 is 1.57 bits per heavy atom. The van der Waals surface area contributed by atoms with Gasteiger partial charge in [0.2, 0.25) is 5.91 Å². The first-order chi connectivity index (χ1) is 11.1. The van der Waals surface area contributed by atoms with E-state index in [1.54, 1.807) is 16.7 Å². The summed E-state index contributed by atoms with van der Waals surface area (Å²) < 4.78 is 0. The molecule has 2 aromatic carbocycles. The van der Waals surface area contributed by atoms with E-state index in [-0.39, 0.29) is 11.8 Å². The number of amides is 2. The fourth-order valence-electron chi connectivity index (χ4n) is 2.89. The summed E-state index contributed by atoms with van der Waals surface area (Å²) in [6, 6.07) is 13.7. The Bertz CT molecular complexity index is 737. The number of hydrogen-bond acceptors (Lipinski definition) is 2. The highest BCUT2D eigenvalue weighted by atomic mass is 35.5. The van der Waals surface area contributed by atoms with Crippen LogP contribution in [0.2, 0.25) is 0 Å². The summed E-state index contributed by atoms with van der Waals surface area (Å²) in [5.74, 6) is -0.0498. The summed E-state index contributed by atoms with van der Waals surface area (Å²) in [4.78, 5) is 28.1. The van der Waals surface area contributed by atoms with Crippen molar-refractivity contribution in [2.24, 2.45) is 0 Å². The molecule has 1 aliphatic heterocycles. The van der Waals surface area contributed by atoms with Gasteiger partial charge in [0.05, 0.1) is 0 Å². The van der Waals surface area contributed by atoms with Gasteiger partial charge in [-0.25, -0.2) is 0 Å². The zero-order valence-electron chi connectivity index (χ0n) is 13.0. The molecule has 1 fully saturated rings. The van der Waals surface area contributed by atoms with E-state index < -0.39 is 5.38 Å². The van der Waals surface area contributed by atoms with Gasteiger partial charge in [0.25, 0.3) is 5.91 Å². The molecule has 2 aromatic rings. The van der Waals surface area contributed by atoms with Crippen LogP contribution in [0.25, 0.3) is 10.8 Å². The third kappa shape index (κ3) is 3.32. The number of nitrogens with zero attached hydrogens (tertiary/aromatic N) is 2. The van der Waals surface area contributed by atoms with Crippen molar-refractivity contribution < 1.29 is 9.59 Å². The molecule has 2 amide bonds. The molecule has 23 heavy (non-hydrogen) atoms. The van der Waals surface area contributed by atoms with Gasteiger partial charge >= 0.3 is 0 Å². The van der Waals surface area contributed by atoms with E-state index in [1.165, 1.54) is 0 Å². The third-order valence-electron chi connectivity index (χ3n) is 4.22. The van der Waals surface area contributed by atoms with E-state index in [0.717, 1.165) is 10.8 Å². The summed E-state index contributed by atoms with van der Waals surface area (Å²) in [5, 5.41) is 1.66. The molecule has 0 saturated carbocycles. The van der Waals surface area contributed by atoms with Crippen LogP contribution < -0.4 is 0 Å². The topological polar surface area (TPSA) is 40.6 Å². The molecule has 1 saturated heterocycles. The number of piperazine rings is 1. The molecule has 120 valence electrons. The number of hydrogen-bond donors (Lipinski definition) is 0. The Labute approximate surface area is 140 Å². The Kier molecular flexibility index (Phi) is 4.53. The molecular weight excluding hydrogens is 312 g/mol. The molecular formula is C18H19ClN2O2. The van der Waals surface area contributed by atoms with Crippen LogP contribution in [0.5, 0.6) is 0 Å². The average molecular weight is 331 g/mol. The van der Waals surface area contributed by atoms with Crippen LogP contribution in [0.1, 0.15) is 17.3 Å². The number of benzene rings is 2. The molecule has 1 heterocycles. The van der Waals surface area contributed by atoms with Crippen LogP contribution in [-0.4, -0.2) is 53.2 Å². The lowest BCUT2D eigenvalue weighted by atomic mass is 10.1. The molecule has 1 unspecified atom stereocenters. The SMILES string of the molecule is CC(Cl)C(=O)N1CCN(C(=O)c2ccc3ccccc3c2)CC1. The van der Waals surface area contributed by atoms with Gasteiger partial charge in [-0.1, -0.05) is 30.3 Å². The van der Waals surface area contributed by atoms with Crippen LogP contribution in [0.3, 0.4) is 0 Å². The lowest BCUT2D eigenvalue weighted by Crippen LogP contribution is -2.52. The van der Waals surface area contributed by atoms with Crippen LogP contribution in [0.4, 0.5) is 0 Å². The highest BCUT2D eigenvalue weighted by Gasteiger charge is 2.26. The normalized spacial score (nSPS) is 16.4. The van der Waals surface area contributed by atoms with E-state index in [9.17, 15) is 9.59 Å². The minimum atomic E-state index is -0.516. The number of rotatable bonds is 2. The lowest BCUT2D eigenvalue weighted by molar-refractivity contribution is -0.131. The van der Waals surface area contributed by atoms with Crippen molar-refractivity contribution in [2.45, 2.75) is 12.3 Å². The Morgan fingerprint density at radius 1 is 0.957 bits per heavy atom. The predicted octanol–water partition coefficient (Wildman–Crippen LogP) is 2.75. The molecule has 5 heteroatoms. The van der Waals surface area contributed by atoms with Crippen molar-refractivity contribution in [2.75, 3.05) is 26.2 Å². The standard InChI is InChI=1S/C18H19ClN2O2/c1-13(19)17(22)20-8-10-21(11-9-20)18(23)16-7-6-14-4-2-3-5-15(14)12-16/h2-7,12-13H,8-11H2,1H3. The summed E-state index contributed by atoms with van der Waals surface area (Å²) >= 11 is 5.84. The Hall–Kier alpha value is -2.07. The summed E-state index contributed by atoms with van der Waals surface area (Å²) in [6.07, 6.45) is 0. The Morgan fingerprint density at radius 3 is 2.22 bits per heavy atom. The maximum Gasteiger partial charge on any atom is 0.253 e. The second kappa shape index (κ2) is 6.59. The first-order valence-electron chi connectivity index (χ1n) is 7.77. The number of carbonyl (C=O) groups excluding carboxylic acids is 2. The Balaban J connectivity index is 1.70. The first-order valence-corrected chi connectivity index (χ1v) is 8.21. The number of fused-ring (bicyclic) bond motifs is 1. The summed E-state index contributed by atoms with van der Waals surface area (Å²) in [5.41, 5.74) is 0.689. The van der Waals surface area contributed by atoms with E-state index in [4.69, 9.17) is 11.6 Å². The molecule has 0 aromatic heterocycles. The molecule has 3 rings (SSSR count). The zero-order valence-corrected chi connectivity index (χ0v) is 13.8. The van der Waals surface area contributed by atoms with Crippen LogP contribution >= 0.6 is 11.6 Å². The third-order valence-corrected chi connectivity index (χ3v) is 4.40. The van der Waals surface area contributed by atoms with Crippen LogP contribution in [-0.2, 0) is 4.79 Å². The lowest BCUT2D eigenvalue weighted by Gasteiger charge is -2.35. The summed E-state index contributed by atoms with van der Waals surface area (Å²) in [6.45, 7) is 3.84. The minimum Gasteiger partial charge on any atom is -0.338 e. The molecule has 4 nitrogen and oxygen atoms in total. The van der Waals surface area contributed by atoms with Gasteiger partial charge < -0.3 is 9.80 Å². The van der Waals surface area contributed by atoms with E-state index in [0.29, 0.717) is 31.7 Å². The largest absolute Gasteiger partial charge is 0.338 e. The first kappa shape index (κ1) is 15.8. The van der Waals surface area contributed by atoms with Gasteiger partial charge in [-0.05, 0) is 29.8 Å². The second-order valence-corrected chi connectivity index (χ2v) is 6.45. The van der Waals surface area contributed by atoms with E-state index in [1.807, 2.05) is 42.5 Å². The number of alkyl halides is 1. The minimum absolute atomic E-state index is 0.0155. The maximum atomic E-state index is 12.7. The molecule has 0 spiro atoms. The zero-order chi connectivity index (χ0) is 16.4. The molecule has 0 bridgehead atoms. The predicted molar refractivity (Wildman–Crippen MR) is 91.7 cm³/mol. The summed E-state index contributed by atoms with van der Waals surface area (Å²) in [7, 11) is 0. The van der Waals surface area contributed by atoms with Gasteiger partial charge in [0.1, 0.15) is 5.38 Å². The van der Waals surface area contributed by atoms with Gasteiger partial charge in [-0.3, -0.25) is 9.59 Å². The van der Waals surface area contributed by atoms with Crippen molar-refractivity contribution in [3.8, 4) is 0 Å². The average Bonchev–Trinajstić information content (AvgIpc) is 2.60.